The Kier molecular flexibility index (Phi) is 8.25. The van der Waals surface area contributed by atoms with Crippen LogP contribution in [0.4, 0.5) is 0 Å². The molecule has 5 nitrogen and oxygen atoms in total. The first-order valence-corrected chi connectivity index (χ1v) is 11.1. The molecule has 0 aliphatic carbocycles. The molecular formula is C25H38N2O3. The fraction of sp³-hybridized carbons (Fsp3) is 0.600. The highest BCUT2D eigenvalue weighted by Crippen LogP contribution is 2.36. The molecule has 0 bridgehead atoms. The monoisotopic (exact) mass is 414 g/mol. The number of rotatable bonds is 5. The summed E-state index contributed by atoms with van der Waals surface area (Å²) in [5.74, 6) is 0.545. The van der Waals surface area contributed by atoms with E-state index < -0.39 is 5.97 Å². The predicted octanol–water partition coefficient (Wildman–Crippen LogP) is 6.06. The third kappa shape index (κ3) is 6.18. The maximum absolute atomic E-state index is 11.6. The topological polar surface area (TPSA) is 66.6 Å². The molecule has 0 spiro atoms. The van der Waals surface area contributed by atoms with Gasteiger partial charge in [0, 0.05) is 24.7 Å². The lowest BCUT2D eigenvalue weighted by atomic mass is 9.73. The van der Waals surface area contributed by atoms with Crippen LogP contribution in [0.1, 0.15) is 72.1 Å². The number of nitrogens with zero attached hydrogens (tertiary/aromatic N) is 2. The van der Waals surface area contributed by atoms with Crippen molar-refractivity contribution < 1.29 is 14.4 Å². The van der Waals surface area contributed by atoms with Crippen molar-refractivity contribution in [3.8, 4) is 11.3 Å². The minimum Gasteiger partial charge on any atom is -0.481 e. The Labute approximate surface area is 181 Å². The average molecular weight is 415 g/mol. The van der Waals surface area contributed by atoms with Gasteiger partial charge in [0.1, 0.15) is 5.69 Å². The van der Waals surface area contributed by atoms with Crippen molar-refractivity contribution in [1.82, 2.24) is 10.1 Å². The smallest absolute Gasteiger partial charge is 0.307 e. The van der Waals surface area contributed by atoms with Crippen LogP contribution in [0, 0.1) is 17.3 Å². The van der Waals surface area contributed by atoms with Gasteiger partial charge in [-0.05, 0) is 35.3 Å². The number of carboxylic acid groups (broad SMARTS) is 1. The molecule has 2 unspecified atom stereocenters. The summed E-state index contributed by atoms with van der Waals surface area (Å²) in [5.41, 5.74) is 3.24. The van der Waals surface area contributed by atoms with E-state index in [1.165, 1.54) is 5.56 Å². The average Bonchev–Trinajstić information content (AvgIpc) is 3.17. The molecule has 1 aliphatic heterocycles. The number of likely N-dealkylation sites (tertiary alicyclic amines) is 1. The molecule has 1 N–H and O–H groups in total. The molecule has 5 heteroatoms. The van der Waals surface area contributed by atoms with Crippen molar-refractivity contribution in [2.75, 3.05) is 13.1 Å². The Morgan fingerprint density at radius 2 is 1.93 bits per heavy atom. The van der Waals surface area contributed by atoms with Crippen molar-refractivity contribution in [3.63, 3.8) is 0 Å². The van der Waals surface area contributed by atoms with Crippen LogP contribution in [0.3, 0.4) is 0 Å². The van der Waals surface area contributed by atoms with E-state index in [1.807, 2.05) is 26.0 Å². The number of hydrogen-bond acceptors (Lipinski definition) is 4. The molecule has 2 heterocycles. The second-order valence-electron chi connectivity index (χ2n) is 9.49. The summed E-state index contributed by atoms with van der Waals surface area (Å²) < 4.78 is 5.60. The molecule has 30 heavy (non-hydrogen) atoms. The lowest BCUT2D eigenvalue weighted by Crippen LogP contribution is -2.46. The van der Waals surface area contributed by atoms with Gasteiger partial charge in [0.15, 0.2) is 5.76 Å². The van der Waals surface area contributed by atoms with Gasteiger partial charge in [-0.3, -0.25) is 9.69 Å². The summed E-state index contributed by atoms with van der Waals surface area (Å²) in [7, 11) is 0. The SMILES string of the molecule is CC.CC(C)c1cccc(-c2cc(CN3CC(C(=O)O)CC(C(C)(C)C)C3)on2)c1. The summed E-state index contributed by atoms with van der Waals surface area (Å²) in [5, 5.41) is 13.8. The largest absolute Gasteiger partial charge is 0.481 e. The second kappa shape index (κ2) is 10.3. The number of aromatic nitrogens is 1. The predicted molar refractivity (Wildman–Crippen MR) is 121 cm³/mol. The summed E-state index contributed by atoms with van der Waals surface area (Å²) in [4.78, 5) is 13.8. The van der Waals surface area contributed by atoms with Gasteiger partial charge >= 0.3 is 5.97 Å². The number of carboxylic acids is 1. The van der Waals surface area contributed by atoms with Gasteiger partial charge in [-0.2, -0.15) is 0 Å². The molecule has 0 saturated carbocycles. The van der Waals surface area contributed by atoms with E-state index in [9.17, 15) is 9.90 Å². The molecule has 0 radical (unpaired) electrons. The van der Waals surface area contributed by atoms with E-state index >= 15 is 0 Å². The number of piperidine rings is 1. The highest BCUT2D eigenvalue weighted by molar-refractivity contribution is 5.70. The van der Waals surface area contributed by atoms with Gasteiger partial charge in [-0.15, -0.1) is 0 Å². The van der Waals surface area contributed by atoms with E-state index in [0.29, 0.717) is 24.9 Å². The number of benzene rings is 1. The number of carbonyl (C=O) groups is 1. The van der Waals surface area contributed by atoms with E-state index in [1.54, 1.807) is 0 Å². The first-order chi connectivity index (χ1) is 14.1. The van der Waals surface area contributed by atoms with Gasteiger partial charge in [0.05, 0.1) is 12.5 Å². The summed E-state index contributed by atoms with van der Waals surface area (Å²) in [6, 6.07) is 10.4. The minimum absolute atomic E-state index is 0.0796. The van der Waals surface area contributed by atoms with Gasteiger partial charge in [0.25, 0.3) is 0 Å². The van der Waals surface area contributed by atoms with Crippen molar-refractivity contribution in [2.24, 2.45) is 17.3 Å². The highest BCUT2D eigenvalue weighted by Gasteiger charge is 2.37. The molecule has 2 atom stereocenters. The Morgan fingerprint density at radius 1 is 1.23 bits per heavy atom. The number of aliphatic carboxylic acids is 1. The van der Waals surface area contributed by atoms with Gasteiger partial charge in [-0.25, -0.2) is 0 Å². The number of hydrogen-bond donors (Lipinski definition) is 1. The summed E-state index contributed by atoms with van der Waals surface area (Å²) in [6.07, 6.45) is 0.735. The Bertz CT molecular complexity index is 820. The molecular weight excluding hydrogens is 376 g/mol. The summed E-state index contributed by atoms with van der Waals surface area (Å²) >= 11 is 0. The second-order valence-corrected chi connectivity index (χ2v) is 9.49. The Hall–Kier alpha value is -2.14. The normalized spacial score (nSPS) is 20.0. The zero-order valence-corrected chi connectivity index (χ0v) is 19.6. The van der Waals surface area contributed by atoms with Crippen LogP contribution in [0.15, 0.2) is 34.9 Å². The highest BCUT2D eigenvalue weighted by atomic mass is 16.5. The Morgan fingerprint density at radius 3 is 2.53 bits per heavy atom. The van der Waals surface area contributed by atoms with Gasteiger partial charge < -0.3 is 9.63 Å². The zero-order chi connectivity index (χ0) is 22.5. The molecule has 1 aliphatic rings. The van der Waals surface area contributed by atoms with Crippen LogP contribution in [0.2, 0.25) is 0 Å². The van der Waals surface area contributed by atoms with Crippen LogP contribution >= 0.6 is 0 Å². The van der Waals surface area contributed by atoms with Crippen LogP contribution in [-0.2, 0) is 11.3 Å². The van der Waals surface area contributed by atoms with Crippen LogP contribution in [0.5, 0.6) is 0 Å². The molecule has 1 saturated heterocycles. The lowest BCUT2D eigenvalue weighted by molar-refractivity contribution is -0.145. The molecule has 1 fully saturated rings. The van der Waals surface area contributed by atoms with E-state index in [4.69, 9.17) is 4.52 Å². The maximum Gasteiger partial charge on any atom is 0.307 e. The third-order valence-corrected chi connectivity index (χ3v) is 5.89. The fourth-order valence-electron chi connectivity index (χ4n) is 3.93. The minimum atomic E-state index is -0.706. The molecule has 166 valence electrons. The van der Waals surface area contributed by atoms with Crippen molar-refractivity contribution >= 4 is 5.97 Å². The van der Waals surface area contributed by atoms with Crippen molar-refractivity contribution in [3.05, 3.63) is 41.7 Å². The molecule has 1 aromatic carbocycles. The first kappa shape index (κ1) is 24.1. The maximum atomic E-state index is 11.6. The lowest BCUT2D eigenvalue weighted by Gasteiger charge is -2.41. The van der Waals surface area contributed by atoms with Gasteiger partial charge in [0.2, 0.25) is 0 Å². The molecule has 3 rings (SSSR count). The third-order valence-electron chi connectivity index (χ3n) is 5.89. The van der Waals surface area contributed by atoms with Crippen LogP contribution in [-0.4, -0.2) is 34.2 Å². The van der Waals surface area contributed by atoms with Crippen molar-refractivity contribution in [1.29, 1.82) is 0 Å². The zero-order valence-electron chi connectivity index (χ0n) is 19.6. The quantitative estimate of drug-likeness (QED) is 0.644. The van der Waals surface area contributed by atoms with Crippen LogP contribution < -0.4 is 0 Å². The fourth-order valence-corrected chi connectivity index (χ4v) is 3.93. The summed E-state index contributed by atoms with van der Waals surface area (Å²) in [6.45, 7) is 16.9. The van der Waals surface area contributed by atoms with E-state index in [2.05, 4.69) is 62.9 Å². The molecule has 2 aromatic rings. The molecule has 1 aromatic heterocycles. The van der Waals surface area contributed by atoms with Gasteiger partial charge in [-0.1, -0.05) is 71.8 Å². The first-order valence-electron chi connectivity index (χ1n) is 11.1. The molecule has 0 amide bonds. The Balaban J connectivity index is 0.00000155. The van der Waals surface area contributed by atoms with E-state index in [0.717, 1.165) is 30.0 Å². The van der Waals surface area contributed by atoms with Crippen LogP contribution in [0.25, 0.3) is 11.3 Å². The standard InChI is InChI=1S/C23H32N2O3.C2H6/c1-15(2)16-7-6-8-17(9-16)21-11-20(28-24-21)14-25-12-18(22(26)27)10-19(13-25)23(3,4)5;1-2/h6-9,11,15,18-19H,10,12-14H2,1-5H3,(H,26,27);1-2H3. The van der Waals surface area contributed by atoms with Crippen molar-refractivity contribution in [2.45, 2.75) is 67.3 Å². The van der Waals surface area contributed by atoms with E-state index in [-0.39, 0.29) is 11.3 Å².